The molecule has 0 spiro atoms. The zero-order valence-corrected chi connectivity index (χ0v) is 17.3. The fourth-order valence-corrected chi connectivity index (χ4v) is 3.92. The second-order valence-corrected chi connectivity index (χ2v) is 8.11. The molecule has 154 valence electrons. The quantitative estimate of drug-likeness (QED) is 0.658. The van der Waals surface area contributed by atoms with E-state index in [9.17, 15) is 9.90 Å². The summed E-state index contributed by atoms with van der Waals surface area (Å²) in [5, 5.41) is 9.49. The van der Waals surface area contributed by atoms with Gasteiger partial charge in [-0.05, 0) is 59.9 Å². The Morgan fingerprint density at radius 1 is 1.03 bits per heavy atom. The Hall–Kier alpha value is -3.31. The number of ether oxygens (including phenoxy) is 1. The van der Waals surface area contributed by atoms with Crippen molar-refractivity contribution >= 4 is 11.7 Å². The van der Waals surface area contributed by atoms with Gasteiger partial charge in [0.05, 0.1) is 0 Å². The molecule has 5 heteroatoms. The van der Waals surface area contributed by atoms with Crippen LogP contribution in [0.5, 0.6) is 11.5 Å². The maximum atomic E-state index is 11.6. The number of aryl methyl sites for hydroxylation is 1. The number of para-hydroxylation sites is 1. The SMILES string of the molecule is CN(C)c1cccc(-c2ccccc2Oc2ccc3c(c2)CC(N)(C(=O)O)CC3)c1. The minimum absolute atomic E-state index is 0.307. The number of hydrogen-bond donors (Lipinski definition) is 2. The number of anilines is 1. The number of fused-ring (bicyclic) bond motifs is 1. The van der Waals surface area contributed by atoms with Crippen LogP contribution in [0.1, 0.15) is 17.5 Å². The molecule has 0 amide bonds. The number of nitrogens with zero attached hydrogens (tertiary/aromatic N) is 1. The molecule has 0 aromatic heterocycles. The lowest BCUT2D eigenvalue weighted by atomic mass is 9.78. The molecule has 0 saturated heterocycles. The molecular weight excluding hydrogens is 376 g/mol. The van der Waals surface area contributed by atoms with E-state index >= 15 is 0 Å². The first-order chi connectivity index (χ1) is 14.4. The van der Waals surface area contributed by atoms with Crippen molar-refractivity contribution in [1.82, 2.24) is 0 Å². The summed E-state index contributed by atoms with van der Waals surface area (Å²) in [5.41, 5.74) is 10.2. The van der Waals surface area contributed by atoms with Gasteiger partial charge in [-0.3, -0.25) is 4.79 Å². The van der Waals surface area contributed by atoms with Gasteiger partial charge in [-0.2, -0.15) is 0 Å². The summed E-state index contributed by atoms with van der Waals surface area (Å²) in [6.45, 7) is 0. The fraction of sp³-hybridized carbons (Fsp3) is 0.240. The fourth-order valence-electron chi connectivity index (χ4n) is 3.92. The summed E-state index contributed by atoms with van der Waals surface area (Å²) in [4.78, 5) is 13.6. The molecular formula is C25H26N2O3. The third-order valence-electron chi connectivity index (χ3n) is 5.74. The lowest BCUT2D eigenvalue weighted by Gasteiger charge is -2.31. The number of carbonyl (C=O) groups is 1. The minimum Gasteiger partial charge on any atom is -0.480 e. The van der Waals surface area contributed by atoms with Gasteiger partial charge in [-0.1, -0.05) is 36.4 Å². The van der Waals surface area contributed by atoms with Gasteiger partial charge in [-0.15, -0.1) is 0 Å². The van der Waals surface area contributed by atoms with Crippen molar-refractivity contribution < 1.29 is 14.6 Å². The molecule has 0 fully saturated rings. The van der Waals surface area contributed by atoms with Gasteiger partial charge in [-0.25, -0.2) is 0 Å². The second-order valence-electron chi connectivity index (χ2n) is 8.11. The van der Waals surface area contributed by atoms with Gasteiger partial charge >= 0.3 is 5.97 Å². The monoisotopic (exact) mass is 402 g/mol. The van der Waals surface area contributed by atoms with Crippen molar-refractivity contribution in [3.8, 4) is 22.6 Å². The Morgan fingerprint density at radius 3 is 2.60 bits per heavy atom. The summed E-state index contributed by atoms with van der Waals surface area (Å²) >= 11 is 0. The summed E-state index contributed by atoms with van der Waals surface area (Å²) in [7, 11) is 4.03. The van der Waals surface area contributed by atoms with Crippen LogP contribution in [0, 0.1) is 0 Å². The van der Waals surface area contributed by atoms with Crippen molar-refractivity contribution in [1.29, 1.82) is 0 Å². The van der Waals surface area contributed by atoms with Crippen LogP contribution in [0.25, 0.3) is 11.1 Å². The van der Waals surface area contributed by atoms with Gasteiger partial charge in [0.2, 0.25) is 0 Å². The first-order valence-corrected chi connectivity index (χ1v) is 10.0. The van der Waals surface area contributed by atoms with E-state index in [1.54, 1.807) is 0 Å². The molecule has 30 heavy (non-hydrogen) atoms. The molecule has 0 aliphatic heterocycles. The highest BCUT2D eigenvalue weighted by molar-refractivity contribution is 5.79. The van der Waals surface area contributed by atoms with E-state index < -0.39 is 11.5 Å². The van der Waals surface area contributed by atoms with Crippen molar-refractivity contribution in [2.45, 2.75) is 24.8 Å². The van der Waals surface area contributed by atoms with Crippen molar-refractivity contribution in [2.24, 2.45) is 5.73 Å². The van der Waals surface area contributed by atoms with E-state index in [0.29, 0.717) is 25.0 Å². The number of aliphatic carboxylic acids is 1. The molecule has 1 atom stereocenters. The van der Waals surface area contributed by atoms with Crippen molar-refractivity contribution in [3.05, 3.63) is 77.9 Å². The number of nitrogens with two attached hydrogens (primary N) is 1. The molecule has 3 aromatic rings. The molecule has 1 unspecified atom stereocenters. The van der Waals surface area contributed by atoms with E-state index in [1.807, 2.05) is 62.6 Å². The molecule has 1 aliphatic rings. The Kier molecular flexibility index (Phi) is 5.22. The van der Waals surface area contributed by atoms with Crippen LogP contribution in [-0.4, -0.2) is 30.7 Å². The van der Waals surface area contributed by atoms with Crippen LogP contribution in [-0.2, 0) is 17.6 Å². The third kappa shape index (κ3) is 3.89. The van der Waals surface area contributed by atoms with E-state index in [-0.39, 0.29) is 0 Å². The van der Waals surface area contributed by atoms with E-state index in [0.717, 1.165) is 33.7 Å². The van der Waals surface area contributed by atoms with E-state index in [1.165, 1.54) is 0 Å². The van der Waals surface area contributed by atoms with E-state index in [2.05, 4.69) is 23.1 Å². The average Bonchev–Trinajstić information content (AvgIpc) is 2.74. The maximum absolute atomic E-state index is 11.6. The molecule has 3 N–H and O–H groups in total. The maximum Gasteiger partial charge on any atom is 0.324 e. The summed E-state index contributed by atoms with van der Waals surface area (Å²) in [6.07, 6.45) is 1.41. The van der Waals surface area contributed by atoms with Gasteiger partial charge in [0.1, 0.15) is 17.0 Å². The van der Waals surface area contributed by atoms with Crippen LogP contribution in [0.2, 0.25) is 0 Å². The predicted molar refractivity (Wildman–Crippen MR) is 119 cm³/mol. The molecule has 1 aliphatic carbocycles. The van der Waals surface area contributed by atoms with Crippen molar-refractivity contribution in [3.63, 3.8) is 0 Å². The minimum atomic E-state index is -1.21. The normalized spacial score (nSPS) is 17.8. The summed E-state index contributed by atoms with van der Waals surface area (Å²) < 4.78 is 6.26. The smallest absolute Gasteiger partial charge is 0.324 e. The first-order valence-electron chi connectivity index (χ1n) is 10.0. The lowest BCUT2D eigenvalue weighted by Crippen LogP contribution is -2.52. The molecule has 0 heterocycles. The molecule has 0 bridgehead atoms. The highest BCUT2D eigenvalue weighted by Gasteiger charge is 2.37. The Balaban J connectivity index is 1.65. The molecule has 4 rings (SSSR count). The van der Waals surface area contributed by atoms with Crippen LogP contribution in [0.15, 0.2) is 66.7 Å². The first kappa shape index (κ1) is 20.0. The standard InChI is InChI=1S/C25H26N2O3/c1-27(2)20-7-5-6-18(14-20)22-8-3-4-9-23(22)30-21-11-10-17-12-13-25(26,24(28)29)16-19(17)15-21/h3-11,14-15H,12-13,16,26H2,1-2H3,(H,28,29). The van der Waals surface area contributed by atoms with Crippen molar-refractivity contribution in [2.75, 3.05) is 19.0 Å². The van der Waals surface area contributed by atoms with Crippen LogP contribution in [0.4, 0.5) is 5.69 Å². The lowest BCUT2D eigenvalue weighted by molar-refractivity contribution is -0.143. The third-order valence-corrected chi connectivity index (χ3v) is 5.74. The molecule has 0 radical (unpaired) electrons. The molecule has 5 nitrogen and oxygen atoms in total. The number of hydrogen-bond acceptors (Lipinski definition) is 4. The topological polar surface area (TPSA) is 75.8 Å². The average molecular weight is 402 g/mol. The highest BCUT2D eigenvalue weighted by Crippen LogP contribution is 2.36. The zero-order valence-electron chi connectivity index (χ0n) is 17.3. The molecule has 0 saturated carbocycles. The Morgan fingerprint density at radius 2 is 1.83 bits per heavy atom. The van der Waals surface area contributed by atoms with Crippen LogP contribution in [0.3, 0.4) is 0 Å². The summed E-state index contributed by atoms with van der Waals surface area (Å²) in [6, 6.07) is 22.1. The number of benzene rings is 3. The largest absolute Gasteiger partial charge is 0.480 e. The molecule has 3 aromatic carbocycles. The number of carboxylic acids is 1. The predicted octanol–water partition coefficient (Wildman–Crippen LogP) is 4.48. The van der Waals surface area contributed by atoms with Gasteiger partial charge in [0, 0.05) is 31.8 Å². The Labute approximate surface area is 176 Å². The van der Waals surface area contributed by atoms with Crippen LogP contribution >= 0.6 is 0 Å². The van der Waals surface area contributed by atoms with Gasteiger partial charge in [0.25, 0.3) is 0 Å². The number of carboxylic acid groups (broad SMARTS) is 1. The van der Waals surface area contributed by atoms with Gasteiger partial charge in [0.15, 0.2) is 0 Å². The van der Waals surface area contributed by atoms with Gasteiger partial charge < -0.3 is 20.5 Å². The summed E-state index contributed by atoms with van der Waals surface area (Å²) in [5.74, 6) is 0.478. The Bertz CT molecular complexity index is 1090. The van der Waals surface area contributed by atoms with E-state index in [4.69, 9.17) is 10.5 Å². The second kappa shape index (κ2) is 7.84. The van der Waals surface area contributed by atoms with Crippen LogP contribution < -0.4 is 15.4 Å². The number of rotatable bonds is 5. The highest BCUT2D eigenvalue weighted by atomic mass is 16.5. The zero-order chi connectivity index (χ0) is 21.3.